The second kappa shape index (κ2) is 5.77. The topological polar surface area (TPSA) is 77.3 Å². The van der Waals surface area contributed by atoms with Gasteiger partial charge in [-0.2, -0.15) is 5.26 Å². The zero-order chi connectivity index (χ0) is 14.8. The Morgan fingerprint density at radius 1 is 1.50 bits per heavy atom. The third-order valence-electron chi connectivity index (χ3n) is 3.66. The van der Waals surface area contributed by atoms with Gasteiger partial charge in [-0.1, -0.05) is 0 Å². The van der Waals surface area contributed by atoms with Gasteiger partial charge in [0.1, 0.15) is 11.8 Å². The van der Waals surface area contributed by atoms with Crippen LogP contribution >= 0.6 is 0 Å². The maximum absolute atomic E-state index is 11.6. The van der Waals surface area contributed by atoms with E-state index in [0.717, 1.165) is 25.1 Å². The molecule has 0 bridgehead atoms. The van der Waals surface area contributed by atoms with Crippen LogP contribution in [-0.2, 0) is 10.0 Å². The van der Waals surface area contributed by atoms with E-state index < -0.39 is 10.0 Å². The van der Waals surface area contributed by atoms with Gasteiger partial charge in [0.2, 0.25) is 10.0 Å². The predicted molar refractivity (Wildman–Crippen MR) is 76.8 cm³/mol. The van der Waals surface area contributed by atoms with Crippen molar-refractivity contribution in [3.05, 3.63) is 24.0 Å². The molecule has 1 aromatic heterocycles. The maximum atomic E-state index is 11.6. The molecule has 1 aromatic rings. The minimum absolute atomic E-state index is 0.0191. The molecular weight excluding hydrogens is 276 g/mol. The first-order chi connectivity index (χ1) is 9.41. The molecule has 6 nitrogen and oxygen atoms in total. The van der Waals surface area contributed by atoms with Crippen LogP contribution in [0.5, 0.6) is 0 Å². The molecule has 1 aliphatic heterocycles. The van der Waals surface area contributed by atoms with Crippen LogP contribution in [0.2, 0.25) is 0 Å². The van der Waals surface area contributed by atoms with Crippen molar-refractivity contribution in [3.63, 3.8) is 0 Å². The van der Waals surface area contributed by atoms with E-state index in [0.29, 0.717) is 12.2 Å². The lowest BCUT2D eigenvalue weighted by Crippen LogP contribution is -2.48. The average Bonchev–Trinajstić information content (AvgIpc) is 2.46. The number of likely N-dealkylation sites (N-methyl/N-ethyl adjacent to an activating group) is 1. The van der Waals surface area contributed by atoms with E-state index >= 15 is 0 Å². The highest BCUT2D eigenvalue weighted by molar-refractivity contribution is 7.88. The van der Waals surface area contributed by atoms with Crippen LogP contribution in [0.3, 0.4) is 0 Å². The van der Waals surface area contributed by atoms with Crippen molar-refractivity contribution in [2.45, 2.75) is 18.9 Å². The smallest absolute Gasteiger partial charge is 0.211 e. The Hall–Kier alpha value is -1.65. The number of piperidine rings is 1. The third-order valence-corrected chi connectivity index (χ3v) is 5.01. The van der Waals surface area contributed by atoms with Gasteiger partial charge in [0.05, 0.1) is 18.1 Å². The Kier molecular flexibility index (Phi) is 4.26. The number of hydrogen-bond donors (Lipinski definition) is 0. The molecule has 7 heteroatoms. The number of aromatic nitrogens is 1. The van der Waals surface area contributed by atoms with Gasteiger partial charge in [0.25, 0.3) is 0 Å². The minimum Gasteiger partial charge on any atom is -0.369 e. The fourth-order valence-corrected chi connectivity index (χ4v) is 3.11. The van der Waals surface area contributed by atoms with Gasteiger partial charge in [-0.25, -0.2) is 17.7 Å². The molecule has 0 spiro atoms. The molecule has 1 aliphatic rings. The molecule has 108 valence electrons. The van der Waals surface area contributed by atoms with Gasteiger partial charge in [-0.05, 0) is 25.0 Å². The summed E-state index contributed by atoms with van der Waals surface area (Å²) in [5.74, 6) is 0. The Morgan fingerprint density at radius 3 is 2.80 bits per heavy atom. The molecule has 0 saturated carbocycles. The van der Waals surface area contributed by atoms with Crippen LogP contribution in [0.25, 0.3) is 0 Å². The van der Waals surface area contributed by atoms with Crippen molar-refractivity contribution in [1.82, 2.24) is 9.29 Å². The SMILES string of the molecule is CN(C1CCCN(c2ccc(C#N)nc2)C1)S(C)(=O)=O. The van der Waals surface area contributed by atoms with Gasteiger partial charge in [0.15, 0.2) is 0 Å². The van der Waals surface area contributed by atoms with E-state index in [1.54, 1.807) is 19.3 Å². The lowest BCUT2D eigenvalue weighted by Gasteiger charge is -2.37. The van der Waals surface area contributed by atoms with Gasteiger partial charge in [-0.3, -0.25) is 0 Å². The first-order valence-electron chi connectivity index (χ1n) is 6.46. The molecule has 0 N–H and O–H groups in total. The van der Waals surface area contributed by atoms with E-state index in [-0.39, 0.29) is 6.04 Å². The second-order valence-electron chi connectivity index (χ2n) is 5.03. The number of rotatable bonds is 3. The van der Waals surface area contributed by atoms with Crippen LogP contribution in [0.15, 0.2) is 18.3 Å². The maximum Gasteiger partial charge on any atom is 0.211 e. The normalized spacial score (nSPS) is 19.9. The summed E-state index contributed by atoms with van der Waals surface area (Å²) >= 11 is 0. The van der Waals surface area contributed by atoms with Gasteiger partial charge < -0.3 is 4.90 Å². The number of nitriles is 1. The lowest BCUT2D eigenvalue weighted by atomic mass is 10.1. The van der Waals surface area contributed by atoms with Crippen LogP contribution in [0.4, 0.5) is 5.69 Å². The van der Waals surface area contributed by atoms with Crippen LogP contribution in [0, 0.1) is 11.3 Å². The van der Waals surface area contributed by atoms with E-state index in [1.807, 2.05) is 12.1 Å². The highest BCUT2D eigenvalue weighted by Gasteiger charge is 2.28. The molecule has 0 aromatic carbocycles. The van der Waals surface area contributed by atoms with Crippen molar-refractivity contribution in [3.8, 4) is 6.07 Å². The average molecular weight is 294 g/mol. The van der Waals surface area contributed by atoms with Crippen LogP contribution in [-0.4, -0.2) is 50.1 Å². The summed E-state index contributed by atoms with van der Waals surface area (Å²) < 4.78 is 24.7. The van der Waals surface area contributed by atoms with Crippen molar-refractivity contribution < 1.29 is 8.42 Å². The fraction of sp³-hybridized carbons (Fsp3) is 0.538. The van der Waals surface area contributed by atoms with Gasteiger partial charge in [0, 0.05) is 26.2 Å². The van der Waals surface area contributed by atoms with Gasteiger partial charge >= 0.3 is 0 Å². The quantitative estimate of drug-likeness (QED) is 0.824. The number of sulfonamides is 1. The highest BCUT2D eigenvalue weighted by Crippen LogP contribution is 2.22. The first-order valence-corrected chi connectivity index (χ1v) is 8.31. The van der Waals surface area contributed by atoms with Crippen molar-refractivity contribution in [2.24, 2.45) is 0 Å². The number of pyridine rings is 1. The summed E-state index contributed by atoms with van der Waals surface area (Å²) in [6.45, 7) is 1.53. The van der Waals surface area contributed by atoms with Crippen LogP contribution < -0.4 is 4.90 Å². The molecule has 1 unspecified atom stereocenters. The first kappa shape index (κ1) is 14.8. The van der Waals surface area contributed by atoms with Crippen molar-refractivity contribution in [2.75, 3.05) is 31.3 Å². The summed E-state index contributed by atoms with van der Waals surface area (Å²) in [6.07, 6.45) is 4.70. The molecule has 0 aliphatic carbocycles. The number of hydrogen-bond acceptors (Lipinski definition) is 5. The molecule has 0 amide bonds. The second-order valence-corrected chi connectivity index (χ2v) is 7.08. The zero-order valence-electron chi connectivity index (χ0n) is 11.7. The summed E-state index contributed by atoms with van der Waals surface area (Å²) in [5.41, 5.74) is 1.31. The van der Waals surface area contributed by atoms with E-state index in [4.69, 9.17) is 5.26 Å². The number of nitrogens with zero attached hydrogens (tertiary/aromatic N) is 4. The molecule has 1 saturated heterocycles. The van der Waals surface area contributed by atoms with Crippen molar-refractivity contribution >= 4 is 15.7 Å². The summed E-state index contributed by atoms with van der Waals surface area (Å²) in [6, 6.07) is 5.50. The molecular formula is C13H18N4O2S. The largest absolute Gasteiger partial charge is 0.369 e. The molecule has 2 heterocycles. The standard InChI is InChI=1S/C13H18N4O2S/c1-16(20(2,18)19)13-4-3-7-17(10-13)12-6-5-11(8-14)15-9-12/h5-6,9,13H,3-4,7,10H2,1-2H3. The molecule has 1 atom stereocenters. The lowest BCUT2D eigenvalue weighted by molar-refractivity contribution is 0.322. The van der Waals surface area contributed by atoms with E-state index in [1.165, 1.54) is 10.6 Å². The Bertz CT molecular complexity index is 606. The molecule has 1 fully saturated rings. The molecule has 0 radical (unpaired) electrons. The molecule has 20 heavy (non-hydrogen) atoms. The van der Waals surface area contributed by atoms with E-state index in [9.17, 15) is 8.42 Å². The van der Waals surface area contributed by atoms with Crippen molar-refractivity contribution in [1.29, 1.82) is 5.26 Å². The number of anilines is 1. The third kappa shape index (κ3) is 3.26. The summed E-state index contributed by atoms with van der Waals surface area (Å²) in [4.78, 5) is 6.17. The van der Waals surface area contributed by atoms with Crippen LogP contribution in [0.1, 0.15) is 18.5 Å². The fourth-order valence-electron chi connectivity index (χ4n) is 2.40. The molecule has 2 rings (SSSR count). The zero-order valence-corrected chi connectivity index (χ0v) is 12.5. The monoisotopic (exact) mass is 294 g/mol. The Labute approximate surface area is 119 Å². The Morgan fingerprint density at radius 2 is 2.25 bits per heavy atom. The summed E-state index contributed by atoms with van der Waals surface area (Å²) in [5, 5.41) is 8.74. The summed E-state index contributed by atoms with van der Waals surface area (Å²) in [7, 11) is -1.55. The van der Waals surface area contributed by atoms with Gasteiger partial charge in [-0.15, -0.1) is 0 Å². The predicted octanol–water partition coefficient (Wildman–Crippen LogP) is 0.813. The van der Waals surface area contributed by atoms with E-state index in [2.05, 4.69) is 9.88 Å². The highest BCUT2D eigenvalue weighted by atomic mass is 32.2. The Balaban J connectivity index is 2.12. The minimum atomic E-state index is -3.17.